The molecular weight excluding hydrogens is 322 g/mol. The Labute approximate surface area is 144 Å². The second-order valence-electron chi connectivity index (χ2n) is 6.21. The molecule has 0 bridgehead atoms. The fourth-order valence-electron chi connectivity index (χ4n) is 2.16. The van der Waals surface area contributed by atoms with Gasteiger partial charge in [-0.1, -0.05) is 0 Å². The van der Waals surface area contributed by atoms with Crippen molar-refractivity contribution < 1.29 is 9.53 Å². The summed E-state index contributed by atoms with van der Waals surface area (Å²) in [6.45, 7) is 6.94. The van der Waals surface area contributed by atoms with Gasteiger partial charge in [0.2, 0.25) is 5.71 Å². The van der Waals surface area contributed by atoms with Crippen molar-refractivity contribution in [2.45, 2.75) is 33.3 Å². The molecule has 0 amide bonds. The maximum atomic E-state index is 12.5. The summed E-state index contributed by atoms with van der Waals surface area (Å²) >= 11 is 0. The van der Waals surface area contributed by atoms with Gasteiger partial charge in [0.15, 0.2) is 5.65 Å². The van der Waals surface area contributed by atoms with Crippen molar-refractivity contribution in [1.29, 1.82) is 10.5 Å². The highest BCUT2D eigenvalue weighted by Gasteiger charge is 2.24. The molecule has 0 aromatic carbocycles. The summed E-state index contributed by atoms with van der Waals surface area (Å²) in [4.78, 5) is 16.7. The molecule has 0 aliphatic carbocycles. The number of nitrogens with one attached hydrogen (secondary N) is 1. The van der Waals surface area contributed by atoms with E-state index < -0.39 is 11.7 Å². The van der Waals surface area contributed by atoms with Crippen molar-refractivity contribution in [3.8, 4) is 12.1 Å². The van der Waals surface area contributed by atoms with Gasteiger partial charge in [-0.05, 0) is 33.8 Å². The standard InChI is InChI=1S/C16H17N7O2/c1-9-13(22-21-11(6-17)7-18)12-5-10(19)8-20-14(12)23(9)15(24)25-16(2,3)4/h5,8,22H,19H2,1-4H3. The zero-order valence-electron chi connectivity index (χ0n) is 14.3. The van der Waals surface area contributed by atoms with E-state index in [-0.39, 0.29) is 5.71 Å². The fourth-order valence-corrected chi connectivity index (χ4v) is 2.16. The van der Waals surface area contributed by atoms with Crippen molar-refractivity contribution in [2.75, 3.05) is 11.2 Å². The Morgan fingerprint density at radius 3 is 2.60 bits per heavy atom. The highest BCUT2D eigenvalue weighted by Crippen LogP contribution is 2.31. The average Bonchev–Trinajstić information content (AvgIpc) is 2.78. The van der Waals surface area contributed by atoms with Crippen molar-refractivity contribution in [3.05, 3.63) is 18.0 Å². The number of nitriles is 2. The molecule has 25 heavy (non-hydrogen) atoms. The van der Waals surface area contributed by atoms with Crippen LogP contribution in [-0.4, -0.2) is 27.0 Å². The third kappa shape index (κ3) is 3.67. The van der Waals surface area contributed by atoms with Crippen LogP contribution in [-0.2, 0) is 4.74 Å². The second-order valence-corrected chi connectivity index (χ2v) is 6.21. The molecule has 0 saturated heterocycles. The van der Waals surface area contributed by atoms with Crippen molar-refractivity contribution in [3.63, 3.8) is 0 Å². The number of nitrogens with two attached hydrogens (primary N) is 1. The normalized spacial score (nSPS) is 10.6. The lowest BCUT2D eigenvalue weighted by Crippen LogP contribution is -2.27. The molecular formula is C16H17N7O2. The number of hydrazone groups is 1. The predicted molar refractivity (Wildman–Crippen MR) is 92.8 cm³/mol. The molecule has 9 nitrogen and oxygen atoms in total. The van der Waals surface area contributed by atoms with Crippen molar-refractivity contribution in [1.82, 2.24) is 9.55 Å². The molecule has 0 aliphatic rings. The Bertz CT molecular complexity index is 936. The van der Waals surface area contributed by atoms with Gasteiger partial charge in [0, 0.05) is 5.39 Å². The third-order valence-corrected chi connectivity index (χ3v) is 3.13. The molecule has 3 N–H and O–H groups in total. The minimum atomic E-state index is -0.686. The summed E-state index contributed by atoms with van der Waals surface area (Å²) < 4.78 is 6.70. The Balaban J connectivity index is 2.63. The van der Waals surface area contributed by atoms with Gasteiger partial charge in [0.05, 0.1) is 23.3 Å². The molecule has 128 valence electrons. The van der Waals surface area contributed by atoms with Gasteiger partial charge >= 0.3 is 6.09 Å². The molecule has 0 fully saturated rings. The van der Waals surface area contributed by atoms with Crippen LogP contribution in [0.5, 0.6) is 0 Å². The number of hydrogen-bond acceptors (Lipinski definition) is 8. The second kappa shape index (κ2) is 6.49. The van der Waals surface area contributed by atoms with Gasteiger partial charge in [-0.15, -0.1) is 0 Å². The number of hydrogen-bond donors (Lipinski definition) is 2. The summed E-state index contributed by atoms with van der Waals surface area (Å²) in [5, 5.41) is 21.8. The van der Waals surface area contributed by atoms with E-state index in [0.29, 0.717) is 28.1 Å². The molecule has 2 rings (SSSR count). The third-order valence-electron chi connectivity index (χ3n) is 3.13. The molecule has 0 aliphatic heterocycles. The Morgan fingerprint density at radius 2 is 2.04 bits per heavy atom. The highest BCUT2D eigenvalue weighted by atomic mass is 16.6. The summed E-state index contributed by atoms with van der Waals surface area (Å²) in [6.07, 6.45) is 0.816. The topological polar surface area (TPSA) is 142 Å². The smallest absolute Gasteiger partial charge is 0.420 e. The number of pyridine rings is 1. The lowest BCUT2D eigenvalue weighted by molar-refractivity contribution is 0.0541. The molecule has 0 spiro atoms. The molecule has 2 heterocycles. The zero-order chi connectivity index (χ0) is 18.8. The number of carbonyl (C=O) groups is 1. The lowest BCUT2D eigenvalue weighted by atomic mass is 10.2. The van der Waals surface area contributed by atoms with E-state index >= 15 is 0 Å². The minimum absolute atomic E-state index is 0.328. The van der Waals surface area contributed by atoms with Crippen LogP contribution in [0.4, 0.5) is 16.2 Å². The number of anilines is 2. The first-order chi connectivity index (χ1) is 11.7. The molecule has 0 saturated carbocycles. The summed E-state index contributed by atoms with van der Waals surface area (Å²) in [6, 6.07) is 4.92. The molecule has 2 aromatic rings. The van der Waals surface area contributed by atoms with E-state index in [1.165, 1.54) is 10.8 Å². The maximum Gasteiger partial charge on any atom is 0.420 e. The maximum absolute atomic E-state index is 12.5. The Kier molecular flexibility index (Phi) is 4.61. The van der Waals surface area contributed by atoms with E-state index in [1.807, 2.05) is 0 Å². The Morgan fingerprint density at radius 1 is 1.40 bits per heavy atom. The SMILES string of the molecule is Cc1c(NN=C(C#N)C#N)c2cc(N)cnc2n1C(=O)OC(C)(C)C. The monoisotopic (exact) mass is 339 g/mol. The number of aromatic nitrogens is 2. The van der Waals surface area contributed by atoms with E-state index in [4.69, 9.17) is 21.0 Å². The van der Waals surface area contributed by atoms with Gasteiger partial charge in [0.1, 0.15) is 17.7 Å². The van der Waals surface area contributed by atoms with Crippen molar-refractivity contribution >= 4 is 34.2 Å². The Hall–Kier alpha value is -3.59. The predicted octanol–water partition coefficient (Wildman–Crippen LogP) is 2.53. The van der Waals surface area contributed by atoms with Crippen LogP contribution in [0.25, 0.3) is 11.0 Å². The van der Waals surface area contributed by atoms with E-state index in [2.05, 4.69) is 15.5 Å². The van der Waals surface area contributed by atoms with Crippen molar-refractivity contribution in [2.24, 2.45) is 5.10 Å². The van der Waals surface area contributed by atoms with E-state index in [0.717, 1.165) is 0 Å². The lowest BCUT2D eigenvalue weighted by Gasteiger charge is -2.20. The van der Waals surface area contributed by atoms with Gasteiger partial charge in [-0.25, -0.2) is 14.3 Å². The average molecular weight is 339 g/mol. The number of nitrogen functional groups attached to an aromatic ring is 1. The van der Waals surface area contributed by atoms with Gasteiger partial charge in [0.25, 0.3) is 0 Å². The number of nitrogens with zero attached hydrogens (tertiary/aromatic N) is 5. The van der Waals surface area contributed by atoms with E-state index in [9.17, 15) is 4.79 Å². The van der Waals surface area contributed by atoms with E-state index in [1.54, 1.807) is 45.9 Å². The summed E-state index contributed by atoms with van der Waals surface area (Å²) in [5.41, 5.74) is 8.97. The largest absolute Gasteiger partial charge is 0.443 e. The molecule has 9 heteroatoms. The van der Waals surface area contributed by atoms with Crippen LogP contribution in [0, 0.1) is 29.6 Å². The minimum Gasteiger partial charge on any atom is -0.443 e. The zero-order valence-corrected chi connectivity index (χ0v) is 14.3. The number of ether oxygens (including phenoxy) is 1. The first kappa shape index (κ1) is 17.8. The summed E-state index contributed by atoms with van der Waals surface area (Å²) in [5.74, 6) is 0. The number of rotatable bonds is 2. The van der Waals surface area contributed by atoms with Gasteiger partial charge in [-0.2, -0.15) is 15.6 Å². The first-order valence-corrected chi connectivity index (χ1v) is 7.31. The summed E-state index contributed by atoms with van der Waals surface area (Å²) in [7, 11) is 0. The van der Waals surface area contributed by atoms with Crippen LogP contribution >= 0.6 is 0 Å². The fraction of sp³-hybridized carbons (Fsp3) is 0.312. The van der Waals surface area contributed by atoms with Crippen LogP contribution < -0.4 is 11.2 Å². The molecule has 2 aromatic heterocycles. The first-order valence-electron chi connectivity index (χ1n) is 7.31. The van der Waals surface area contributed by atoms with Crippen LogP contribution in [0.1, 0.15) is 26.5 Å². The van der Waals surface area contributed by atoms with Crippen LogP contribution in [0.3, 0.4) is 0 Å². The molecule has 0 radical (unpaired) electrons. The number of carbonyl (C=O) groups excluding carboxylic acids is 1. The van der Waals surface area contributed by atoms with Gasteiger partial charge < -0.3 is 10.5 Å². The van der Waals surface area contributed by atoms with Crippen LogP contribution in [0.15, 0.2) is 17.4 Å². The molecule has 0 atom stereocenters. The number of fused-ring (bicyclic) bond motifs is 1. The van der Waals surface area contributed by atoms with Gasteiger partial charge in [-0.3, -0.25) is 5.43 Å². The molecule has 0 unspecified atom stereocenters. The highest BCUT2D eigenvalue weighted by molar-refractivity contribution is 6.10. The quantitative estimate of drug-likeness (QED) is 0.632. The van der Waals surface area contributed by atoms with Crippen LogP contribution in [0.2, 0.25) is 0 Å².